The van der Waals surface area contributed by atoms with Crippen molar-refractivity contribution >= 4 is 17.2 Å². The first-order chi connectivity index (χ1) is 11.0. The number of nitro benzene ring substituents is 1. The van der Waals surface area contributed by atoms with E-state index in [1.54, 1.807) is 12.1 Å². The van der Waals surface area contributed by atoms with Crippen molar-refractivity contribution < 1.29 is 14.5 Å². The molecule has 0 heterocycles. The first-order valence-electron chi connectivity index (χ1n) is 7.19. The maximum absolute atomic E-state index is 11.4. The van der Waals surface area contributed by atoms with Crippen molar-refractivity contribution in [2.75, 3.05) is 7.11 Å². The Morgan fingerprint density at radius 1 is 1.17 bits per heavy atom. The van der Waals surface area contributed by atoms with Gasteiger partial charge in [0, 0.05) is 18.2 Å². The molecule has 2 aromatic carbocycles. The molecule has 0 spiro atoms. The number of nitro groups is 1. The number of nitrogens with zero attached hydrogens (tertiary/aromatic N) is 1. The van der Waals surface area contributed by atoms with E-state index in [9.17, 15) is 14.9 Å². The lowest BCUT2D eigenvalue weighted by Gasteiger charge is -2.07. The van der Waals surface area contributed by atoms with Crippen LogP contribution in [0.15, 0.2) is 54.6 Å². The third kappa shape index (κ3) is 4.03. The molecule has 0 N–H and O–H groups in total. The van der Waals surface area contributed by atoms with Crippen molar-refractivity contribution in [3.8, 4) is 11.1 Å². The summed E-state index contributed by atoms with van der Waals surface area (Å²) in [5.41, 5.74) is 3.52. The molecule has 0 amide bonds. The summed E-state index contributed by atoms with van der Waals surface area (Å²) >= 11 is 0. The Morgan fingerprint density at radius 3 is 2.43 bits per heavy atom. The Labute approximate surface area is 134 Å². The molecule has 0 unspecified atom stereocenters. The number of carbonyl (C=O) groups is 1. The quantitative estimate of drug-likeness (QED) is 0.358. The third-order valence-electron chi connectivity index (χ3n) is 3.52. The summed E-state index contributed by atoms with van der Waals surface area (Å²) in [6, 6.07) is 14.1. The van der Waals surface area contributed by atoms with Gasteiger partial charge in [-0.05, 0) is 28.7 Å². The van der Waals surface area contributed by atoms with Crippen molar-refractivity contribution in [2.45, 2.75) is 13.3 Å². The van der Waals surface area contributed by atoms with Gasteiger partial charge in [0.05, 0.1) is 12.0 Å². The Kier molecular flexibility index (Phi) is 5.25. The standard InChI is InChI=1S/C18H17NO4/c1-3-13(12-18(20)23-2)14-7-9-15(10-8-14)16-5-4-6-17(11-16)19(21)22/h4-12H,3H2,1-2H3/b13-12+. The highest BCUT2D eigenvalue weighted by Crippen LogP contribution is 2.26. The normalized spacial score (nSPS) is 11.1. The molecule has 5 nitrogen and oxygen atoms in total. The second-order valence-electron chi connectivity index (χ2n) is 4.93. The molecule has 0 aliphatic rings. The van der Waals surface area contributed by atoms with E-state index in [1.165, 1.54) is 19.3 Å². The number of allylic oxidation sites excluding steroid dienone is 1. The van der Waals surface area contributed by atoms with Gasteiger partial charge in [0.15, 0.2) is 0 Å². The number of hydrogen-bond acceptors (Lipinski definition) is 4. The van der Waals surface area contributed by atoms with E-state index in [-0.39, 0.29) is 11.7 Å². The molecule has 0 saturated heterocycles. The topological polar surface area (TPSA) is 69.4 Å². The molecule has 2 rings (SSSR count). The van der Waals surface area contributed by atoms with Gasteiger partial charge in [0.2, 0.25) is 0 Å². The predicted molar refractivity (Wildman–Crippen MR) is 88.8 cm³/mol. The fraction of sp³-hybridized carbons (Fsp3) is 0.167. The molecule has 5 heteroatoms. The van der Waals surface area contributed by atoms with Gasteiger partial charge in [-0.15, -0.1) is 0 Å². The maximum atomic E-state index is 11.4. The fourth-order valence-corrected chi connectivity index (χ4v) is 2.27. The van der Waals surface area contributed by atoms with E-state index in [1.807, 2.05) is 37.3 Å². The van der Waals surface area contributed by atoms with Crippen LogP contribution >= 0.6 is 0 Å². The number of esters is 1. The van der Waals surface area contributed by atoms with Crippen LogP contribution in [0.5, 0.6) is 0 Å². The number of non-ortho nitro benzene ring substituents is 1. The van der Waals surface area contributed by atoms with Crippen LogP contribution in [0.25, 0.3) is 16.7 Å². The van der Waals surface area contributed by atoms with Crippen LogP contribution in [0.1, 0.15) is 18.9 Å². The molecule has 0 bridgehead atoms. The van der Waals surface area contributed by atoms with Crippen LogP contribution in [0, 0.1) is 10.1 Å². The molecular weight excluding hydrogens is 294 g/mol. The van der Waals surface area contributed by atoms with Crippen LogP contribution in [0.4, 0.5) is 5.69 Å². The zero-order chi connectivity index (χ0) is 16.8. The molecule has 23 heavy (non-hydrogen) atoms. The molecule has 0 saturated carbocycles. The number of benzene rings is 2. The lowest BCUT2D eigenvalue weighted by molar-refractivity contribution is -0.384. The molecule has 0 aromatic heterocycles. The lowest BCUT2D eigenvalue weighted by atomic mass is 9.98. The zero-order valence-electron chi connectivity index (χ0n) is 13.0. The van der Waals surface area contributed by atoms with E-state index in [0.717, 1.165) is 22.3 Å². The summed E-state index contributed by atoms with van der Waals surface area (Å²) < 4.78 is 4.65. The third-order valence-corrected chi connectivity index (χ3v) is 3.52. The smallest absolute Gasteiger partial charge is 0.330 e. The van der Waals surface area contributed by atoms with Crippen LogP contribution in [0.3, 0.4) is 0 Å². The second-order valence-corrected chi connectivity index (χ2v) is 4.93. The van der Waals surface area contributed by atoms with Crippen LogP contribution in [-0.2, 0) is 9.53 Å². The molecule has 0 aliphatic heterocycles. The number of carbonyl (C=O) groups excluding carboxylic acids is 1. The molecule has 0 aliphatic carbocycles. The Hall–Kier alpha value is -2.95. The highest BCUT2D eigenvalue weighted by atomic mass is 16.6. The number of hydrogen-bond donors (Lipinski definition) is 0. The van der Waals surface area contributed by atoms with Gasteiger partial charge in [0.25, 0.3) is 5.69 Å². The minimum Gasteiger partial charge on any atom is -0.466 e. The molecule has 118 valence electrons. The molecule has 0 atom stereocenters. The van der Waals surface area contributed by atoms with Gasteiger partial charge in [0.1, 0.15) is 0 Å². The van der Waals surface area contributed by atoms with Crippen molar-refractivity contribution in [3.63, 3.8) is 0 Å². The Morgan fingerprint density at radius 2 is 1.87 bits per heavy atom. The summed E-state index contributed by atoms with van der Waals surface area (Å²) in [6.07, 6.45) is 2.17. The molecule has 2 aromatic rings. The van der Waals surface area contributed by atoms with E-state index in [2.05, 4.69) is 4.74 Å². The van der Waals surface area contributed by atoms with Crippen molar-refractivity contribution in [2.24, 2.45) is 0 Å². The monoisotopic (exact) mass is 311 g/mol. The first-order valence-corrected chi connectivity index (χ1v) is 7.19. The van der Waals surface area contributed by atoms with E-state index in [4.69, 9.17) is 0 Å². The molecule has 0 radical (unpaired) electrons. The number of rotatable bonds is 5. The maximum Gasteiger partial charge on any atom is 0.330 e. The van der Waals surface area contributed by atoms with E-state index < -0.39 is 4.92 Å². The second kappa shape index (κ2) is 7.35. The van der Waals surface area contributed by atoms with Crippen molar-refractivity contribution in [3.05, 3.63) is 70.3 Å². The zero-order valence-corrected chi connectivity index (χ0v) is 13.0. The highest BCUT2D eigenvalue weighted by Gasteiger charge is 2.08. The Balaban J connectivity index is 2.32. The SMILES string of the molecule is CC/C(=C\C(=O)OC)c1ccc(-c2cccc([N+](=O)[O-])c2)cc1. The van der Waals surface area contributed by atoms with Gasteiger partial charge in [-0.2, -0.15) is 0 Å². The fourth-order valence-electron chi connectivity index (χ4n) is 2.27. The molecular formula is C18H17NO4. The van der Waals surface area contributed by atoms with Gasteiger partial charge in [-0.1, -0.05) is 43.3 Å². The minimum atomic E-state index is -0.411. The first kappa shape index (κ1) is 16.4. The Bertz CT molecular complexity index is 748. The average Bonchev–Trinajstić information content (AvgIpc) is 2.59. The lowest BCUT2D eigenvalue weighted by Crippen LogP contribution is -1.97. The summed E-state index contributed by atoms with van der Waals surface area (Å²) in [5, 5.41) is 10.9. The predicted octanol–water partition coefficient (Wildman–Crippen LogP) is 4.23. The van der Waals surface area contributed by atoms with Crippen molar-refractivity contribution in [1.29, 1.82) is 0 Å². The van der Waals surface area contributed by atoms with Gasteiger partial charge in [-0.3, -0.25) is 10.1 Å². The summed E-state index contributed by atoms with van der Waals surface area (Å²) in [7, 11) is 1.34. The average molecular weight is 311 g/mol. The van der Waals surface area contributed by atoms with Gasteiger partial charge < -0.3 is 4.74 Å². The van der Waals surface area contributed by atoms with Crippen LogP contribution < -0.4 is 0 Å². The van der Waals surface area contributed by atoms with Crippen LogP contribution in [0.2, 0.25) is 0 Å². The minimum absolute atomic E-state index is 0.0615. The summed E-state index contributed by atoms with van der Waals surface area (Å²) in [5.74, 6) is -0.385. The summed E-state index contributed by atoms with van der Waals surface area (Å²) in [6.45, 7) is 1.96. The highest BCUT2D eigenvalue weighted by molar-refractivity contribution is 5.91. The number of methoxy groups -OCH3 is 1. The van der Waals surface area contributed by atoms with Crippen molar-refractivity contribution in [1.82, 2.24) is 0 Å². The molecule has 0 fully saturated rings. The number of ether oxygens (including phenoxy) is 1. The van der Waals surface area contributed by atoms with E-state index >= 15 is 0 Å². The largest absolute Gasteiger partial charge is 0.466 e. The summed E-state index contributed by atoms with van der Waals surface area (Å²) in [4.78, 5) is 21.8. The van der Waals surface area contributed by atoms with E-state index in [0.29, 0.717) is 6.42 Å². The van der Waals surface area contributed by atoms with Gasteiger partial charge in [-0.25, -0.2) is 4.79 Å². The van der Waals surface area contributed by atoms with Gasteiger partial charge >= 0.3 is 5.97 Å². The van der Waals surface area contributed by atoms with Crippen LogP contribution in [-0.4, -0.2) is 18.0 Å².